The Kier molecular flexibility index (Phi) is 5.56. The Morgan fingerprint density at radius 2 is 2.54 bits per heavy atom. The molecule has 1 nitrogen and oxygen atoms in total. The standard InChI is InChI=1S/C11H21NS/c1-3-6-10(12-8-4-2)11-7-5-9-13-11/h3,10-12H,1,4-9H2,2H3. The van der Waals surface area contributed by atoms with Crippen LogP contribution < -0.4 is 5.32 Å². The van der Waals surface area contributed by atoms with Gasteiger partial charge in [-0.2, -0.15) is 11.8 Å². The number of nitrogens with one attached hydrogen (secondary N) is 1. The predicted octanol–water partition coefficient (Wildman–Crippen LogP) is 2.83. The average Bonchev–Trinajstić information content (AvgIpc) is 2.65. The smallest absolute Gasteiger partial charge is 0.0220 e. The molecule has 1 aliphatic rings. The molecule has 0 bridgehead atoms. The molecule has 0 aromatic heterocycles. The van der Waals surface area contributed by atoms with Crippen LogP contribution in [0, 0.1) is 0 Å². The van der Waals surface area contributed by atoms with E-state index < -0.39 is 0 Å². The fraction of sp³-hybridized carbons (Fsp3) is 0.818. The highest BCUT2D eigenvalue weighted by Gasteiger charge is 2.23. The van der Waals surface area contributed by atoms with Gasteiger partial charge in [0.2, 0.25) is 0 Å². The third-order valence-electron chi connectivity index (χ3n) is 2.49. The first-order valence-electron chi connectivity index (χ1n) is 5.34. The Hall–Kier alpha value is 0.0500. The van der Waals surface area contributed by atoms with E-state index in [9.17, 15) is 0 Å². The molecule has 2 atom stereocenters. The van der Waals surface area contributed by atoms with E-state index in [4.69, 9.17) is 0 Å². The monoisotopic (exact) mass is 199 g/mol. The van der Waals surface area contributed by atoms with Gasteiger partial charge in [-0.25, -0.2) is 0 Å². The molecule has 1 fully saturated rings. The van der Waals surface area contributed by atoms with Gasteiger partial charge in [-0.15, -0.1) is 6.58 Å². The summed E-state index contributed by atoms with van der Waals surface area (Å²) in [5.74, 6) is 1.35. The van der Waals surface area contributed by atoms with Crippen molar-refractivity contribution in [3.8, 4) is 0 Å². The first kappa shape index (κ1) is 11.1. The maximum atomic E-state index is 3.83. The molecular formula is C11H21NS. The normalized spacial score (nSPS) is 24.5. The zero-order valence-corrected chi connectivity index (χ0v) is 9.41. The molecule has 13 heavy (non-hydrogen) atoms. The lowest BCUT2D eigenvalue weighted by Gasteiger charge is -2.22. The lowest BCUT2D eigenvalue weighted by Crippen LogP contribution is -2.37. The second kappa shape index (κ2) is 6.50. The van der Waals surface area contributed by atoms with E-state index in [2.05, 4.69) is 30.6 Å². The topological polar surface area (TPSA) is 12.0 Å². The molecule has 76 valence electrons. The van der Waals surface area contributed by atoms with Crippen molar-refractivity contribution in [3.63, 3.8) is 0 Å². The highest BCUT2D eigenvalue weighted by atomic mass is 32.2. The number of hydrogen-bond donors (Lipinski definition) is 1. The maximum Gasteiger partial charge on any atom is 0.0220 e. The van der Waals surface area contributed by atoms with Gasteiger partial charge in [-0.1, -0.05) is 13.0 Å². The number of thioether (sulfide) groups is 1. The van der Waals surface area contributed by atoms with Crippen LogP contribution in [0.15, 0.2) is 12.7 Å². The van der Waals surface area contributed by atoms with Gasteiger partial charge in [0.05, 0.1) is 0 Å². The quantitative estimate of drug-likeness (QED) is 0.660. The Morgan fingerprint density at radius 1 is 1.69 bits per heavy atom. The lowest BCUT2D eigenvalue weighted by molar-refractivity contribution is 0.488. The fourth-order valence-corrected chi connectivity index (χ4v) is 3.20. The third-order valence-corrected chi connectivity index (χ3v) is 4.01. The zero-order valence-electron chi connectivity index (χ0n) is 8.59. The predicted molar refractivity (Wildman–Crippen MR) is 62.4 cm³/mol. The van der Waals surface area contributed by atoms with Gasteiger partial charge in [-0.05, 0) is 38.0 Å². The minimum atomic E-state index is 0.671. The van der Waals surface area contributed by atoms with E-state index in [-0.39, 0.29) is 0 Å². The summed E-state index contributed by atoms with van der Waals surface area (Å²) in [6.07, 6.45) is 7.19. The highest BCUT2D eigenvalue weighted by Crippen LogP contribution is 2.29. The zero-order chi connectivity index (χ0) is 9.52. The molecular weight excluding hydrogens is 178 g/mol. The van der Waals surface area contributed by atoms with Gasteiger partial charge in [0.25, 0.3) is 0 Å². The molecule has 0 amide bonds. The Labute approximate surface area is 86.4 Å². The number of hydrogen-bond acceptors (Lipinski definition) is 2. The van der Waals surface area contributed by atoms with Crippen LogP contribution in [0.25, 0.3) is 0 Å². The molecule has 1 aliphatic heterocycles. The summed E-state index contributed by atoms with van der Waals surface area (Å²) in [5.41, 5.74) is 0. The molecule has 0 aromatic rings. The van der Waals surface area contributed by atoms with Crippen LogP contribution in [0.5, 0.6) is 0 Å². The van der Waals surface area contributed by atoms with Crippen LogP contribution >= 0.6 is 11.8 Å². The Balaban J connectivity index is 2.30. The molecule has 0 spiro atoms. The van der Waals surface area contributed by atoms with E-state index in [1.165, 1.54) is 25.0 Å². The SMILES string of the molecule is C=CCC(NCCC)C1CCCS1. The molecule has 0 aromatic carbocycles. The van der Waals surface area contributed by atoms with Crippen LogP contribution in [0.2, 0.25) is 0 Å². The molecule has 0 aliphatic carbocycles. The van der Waals surface area contributed by atoms with Crippen LogP contribution in [0.3, 0.4) is 0 Å². The van der Waals surface area contributed by atoms with Crippen molar-refractivity contribution in [1.29, 1.82) is 0 Å². The van der Waals surface area contributed by atoms with Crippen LogP contribution in [-0.2, 0) is 0 Å². The van der Waals surface area contributed by atoms with Crippen molar-refractivity contribution < 1.29 is 0 Å². The minimum absolute atomic E-state index is 0.671. The average molecular weight is 199 g/mol. The first-order chi connectivity index (χ1) is 6.38. The van der Waals surface area contributed by atoms with Crippen LogP contribution in [-0.4, -0.2) is 23.6 Å². The van der Waals surface area contributed by atoms with E-state index >= 15 is 0 Å². The highest BCUT2D eigenvalue weighted by molar-refractivity contribution is 8.00. The van der Waals surface area contributed by atoms with E-state index in [1.54, 1.807) is 0 Å². The van der Waals surface area contributed by atoms with Crippen molar-refractivity contribution >= 4 is 11.8 Å². The van der Waals surface area contributed by atoms with Crippen molar-refractivity contribution in [2.45, 2.75) is 43.9 Å². The lowest BCUT2D eigenvalue weighted by atomic mass is 10.1. The molecule has 2 heteroatoms. The van der Waals surface area contributed by atoms with Gasteiger partial charge in [0.15, 0.2) is 0 Å². The summed E-state index contributed by atoms with van der Waals surface area (Å²) >= 11 is 2.13. The second-order valence-electron chi connectivity index (χ2n) is 3.64. The summed E-state index contributed by atoms with van der Waals surface area (Å²) in [5, 5.41) is 4.46. The van der Waals surface area contributed by atoms with E-state index in [0.29, 0.717) is 6.04 Å². The minimum Gasteiger partial charge on any atom is -0.313 e. The molecule has 1 saturated heterocycles. The summed E-state index contributed by atoms with van der Waals surface area (Å²) in [6, 6.07) is 0.671. The first-order valence-corrected chi connectivity index (χ1v) is 6.39. The molecule has 1 rings (SSSR count). The Bertz CT molecular complexity index is 141. The van der Waals surface area contributed by atoms with E-state index in [0.717, 1.165) is 18.2 Å². The Morgan fingerprint density at radius 3 is 3.08 bits per heavy atom. The van der Waals surface area contributed by atoms with Crippen LogP contribution in [0.1, 0.15) is 32.6 Å². The van der Waals surface area contributed by atoms with Crippen molar-refractivity contribution in [2.75, 3.05) is 12.3 Å². The van der Waals surface area contributed by atoms with Crippen LogP contribution in [0.4, 0.5) is 0 Å². The fourth-order valence-electron chi connectivity index (χ4n) is 1.80. The van der Waals surface area contributed by atoms with Gasteiger partial charge in [0, 0.05) is 11.3 Å². The molecule has 1 N–H and O–H groups in total. The summed E-state index contributed by atoms with van der Waals surface area (Å²) in [6.45, 7) is 7.20. The molecule has 2 unspecified atom stereocenters. The van der Waals surface area contributed by atoms with Crippen molar-refractivity contribution in [3.05, 3.63) is 12.7 Å². The molecule has 0 radical (unpaired) electrons. The largest absolute Gasteiger partial charge is 0.313 e. The van der Waals surface area contributed by atoms with Crippen molar-refractivity contribution in [1.82, 2.24) is 5.32 Å². The second-order valence-corrected chi connectivity index (χ2v) is 4.98. The van der Waals surface area contributed by atoms with E-state index in [1.807, 2.05) is 6.08 Å². The van der Waals surface area contributed by atoms with Gasteiger partial charge >= 0.3 is 0 Å². The number of rotatable bonds is 6. The van der Waals surface area contributed by atoms with Gasteiger partial charge in [-0.3, -0.25) is 0 Å². The summed E-state index contributed by atoms with van der Waals surface area (Å²) < 4.78 is 0. The maximum absolute atomic E-state index is 3.83. The summed E-state index contributed by atoms with van der Waals surface area (Å²) in [7, 11) is 0. The van der Waals surface area contributed by atoms with Gasteiger partial charge in [0.1, 0.15) is 0 Å². The van der Waals surface area contributed by atoms with Gasteiger partial charge < -0.3 is 5.32 Å². The third kappa shape index (κ3) is 3.74. The molecule has 0 saturated carbocycles. The molecule has 1 heterocycles. The summed E-state index contributed by atoms with van der Waals surface area (Å²) in [4.78, 5) is 0. The van der Waals surface area contributed by atoms with Crippen molar-refractivity contribution in [2.24, 2.45) is 0 Å².